The molecule has 1 aromatic carbocycles. The third-order valence-corrected chi connectivity index (χ3v) is 3.66. The third-order valence-electron chi connectivity index (χ3n) is 2.62. The van der Waals surface area contributed by atoms with Gasteiger partial charge in [-0.05, 0) is 59.8 Å². The number of hydrogen-bond acceptors (Lipinski definition) is 3. The van der Waals surface area contributed by atoms with Gasteiger partial charge < -0.3 is 4.74 Å². The van der Waals surface area contributed by atoms with Crippen molar-refractivity contribution >= 4 is 43.5 Å². The Kier molecular flexibility index (Phi) is 7.39. The van der Waals surface area contributed by atoms with Crippen LogP contribution in [0.2, 0.25) is 0 Å². The lowest BCUT2D eigenvalue weighted by molar-refractivity contribution is -0.123. The molecule has 0 saturated heterocycles. The summed E-state index contributed by atoms with van der Waals surface area (Å²) in [5.41, 5.74) is 4.36. The molecule has 0 fully saturated rings. The van der Waals surface area contributed by atoms with E-state index in [4.69, 9.17) is 4.74 Å². The number of halogens is 2. The maximum Gasteiger partial charge on any atom is 0.277 e. The average Bonchev–Trinajstić information content (AvgIpc) is 2.34. The van der Waals surface area contributed by atoms with Gasteiger partial charge >= 0.3 is 0 Å². The number of nitrogens with zero attached hydrogens (tertiary/aromatic N) is 1. The predicted molar refractivity (Wildman–Crippen MR) is 92.8 cm³/mol. The van der Waals surface area contributed by atoms with Crippen LogP contribution in [-0.4, -0.2) is 18.2 Å². The first-order valence-electron chi connectivity index (χ1n) is 6.70. The number of amides is 1. The lowest BCUT2D eigenvalue weighted by Crippen LogP contribution is -2.26. The molecule has 0 aliphatic carbocycles. The van der Waals surface area contributed by atoms with E-state index in [1.54, 1.807) is 0 Å². The summed E-state index contributed by atoms with van der Waals surface area (Å²) in [6.45, 7) is 7.97. The molecule has 21 heavy (non-hydrogen) atoms. The fourth-order valence-corrected chi connectivity index (χ4v) is 3.39. The first kappa shape index (κ1) is 18.2. The smallest absolute Gasteiger partial charge is 0.277 e. The van der Waals surface area contributed by atoms with Gasteiger partial charge in [-0.25, -0.2) is 5.43 Å². The Balaban J connectivity index is 2.54. The van der Waals surface area contributed by atoms with E-state index in [2.05, 4.69) is 56.2 Å². The number of aryl methyl sites for hydroxylation is 1. The average molecular weight is 420 g/mol. The van der Waals surface area contributed by atoms with Gasteiger partial charge in [0.05, 0.1) is 4.47 Å². The lowest BCUT2D eigenvalue weighted by atomic mass is 10.1. The second-order valence-electron chi connectivity index (χ2n) is 5.30. The fourth-order valence-electron chi connectivity index (χ4n) is 1.84. The molecule has 116 valence electrons. The molecule has 0 heterocycles. The van der Waals surface area contributed by atoms with Crippen LogP contribution in [0.5, 0.6) is 5.75 Å². The van der Waals surface area contributed by atoms with E-state index < -0.39 is 0 Å². The number of carbonyl (C=O) groups excluding carboxylic acids is 1. The number of carbonyl (C=O) groups is 1. The van der Waals surface area contributed by atoms with Gasteiger partial charge in [0.1, 0.15) is 5.75 Å². The molecule has 1 aromatic rings. The van der Waals surface area contributed by atoms with Gasteiger partial charge in [-0.2, -0.15) is 5.10 Å². The number of hydrazone groups is 1. The molecule has 0 saturated carbocycles. The van der Waals surface area contributed by atoms with Crippen LogP contribution in [0.1, 0.15) is 32.8 Å². The first-order valence-corrected chi connectivity index (χ1v) is 8.28. The van der Waals surface area contributed by atoms with Crippen LogP contribution in [-0.2, 0) is 4.79 Å². The monoisotopic (exact) mass is 418 g/mol. The topological polar surface area (TPSA) is 50.7 Å². The summed E-state index contributed by atoms with van der Waals surface area (Å²) in [7, 11) is 0. The highest BCUT2D eigenvalue weighted by Crippen LogP contribution is 2.32. The van der Waals surface area contributed by atoms with Gasteiger partial charge in [0.25, 0.3) is 5.91 Å². The van der Waals surface area contributed by atoms with E-state index in [1.807, 2.05) is 26.0 Å². The Bertz CT molecular complexity index is 519. The highest BCUT2D eigenvalue weighted by molar-refractivity contribution is 9.11. The largest absolute Gasteiger partial charge is 0.482 e. The van der Waals surface area contributed by atoms with E-state index >= 15 is 0 Å². The first-order chi connectivity index (χ1) is 9.79. The van der Waals surface area contributed by atoms with Gasteiger partial charge in [0.15, 0.2) is 6.61 Å². The van der Waals surface area contributed by atoms with Crippen molar-refractivity contribution < 1.29 is 9.53 Å². The molecule has 1 rings (SSSR count). The number of nitrogens with one attached hydrogen (secondary N) is 1. The van der Waals surface area contributed by atoms with Crippen LogP contribution in [0.3, 0.4) is 0 Å². The molecule has 0 unspecified atom stereocenters. The van der Waals surface area contributed by atoms with Crippen LogP contribution in [0.15, 0.2) is 26.2 Å². The van der Waals surface area contributed by atoms with Crippen LogP contribution in [0.25, 0.3) is 0 Å². The molecule has 0 aliphatic rings. The molecule has 4 nitrogen and oxygen atoms in total. The summed E-state index contributed by atoms with van der Waals surface area (Å²) in [5.74, 6) is 0.909. The Morgan fingerprint density at radius 2 is 2.05 bits per heavy atom. The van der Waals surface area contributed by atoms with Crippen molar-refractivity contribution in [3.8, 4) is 5.75 Å². The minimum absolute atomic E-state index is 0.0699. The van der Waals surface area contributed by atoms with E-state index in [0.29, 0.717) is 11.7 Å². The van der Waals surface area contributed by atoms with Crippen LogP contribution in [0, 0.1) is 12.8 Å². The maximum absolute atomic E-state index is 11.7. The zero-order valence-corrected chi connectivity index (χ0v) is 15.8. The normalized spacial score (nSPS) is 11.7. The van der Waals surface area contributed by atoms with Gasteiger partial charge in [-0.3, -0.25) is 4.79 Å². The summed E-state index contributed by atoms with van der Waals surface area (Å²) in [6, 6.07) is 3.81. The molecule has 0 radical (unpaired) electrons. The molecular formula is C15H20Br2N2O2. The Morgan fingerprint density at radius 1 is 1.38 bits per heavy atom. The summed E-state index contributed by atoms with van der Waals surface area (Å²) in [6.07, 6.45) is 0.860. The fraction of sp³-hybridized carbons (Fsp3) is 0.467. The highest BCUT2D eigenvalue weighted by atomic mass is 79.9. The SMILES string of the molecule is C/C(CC(C)C)=N\NC(=O)COc1c(C)cc(Br)cc1Br. The molecule has 1 N–H and O–H groups in total. The van der Waals surface area contributed by atoms with Crippen LogP contribution < -0.4 is 10.2 Å². The van der Waals surface area contributed by atoms with Gasteiger partial charge in [-0.15, -0.1) is 0 Å². The molecule has 0 aromatic heterocycles. The molecule has 1 amide bonds. The van der Waals surface area contributed by atoms with Crippen molar-refractivity contribution in [2.24, 2.45) is 11.0 Å². The van der Waals surface area contributed by atoms with Crippen LogP contribution in [0.4, 0.5) is 0 Å². The molecule has 0 atom stereocenters. The second kappa shape index (κ2) is 8.54. The lowest BCUT2D eigenvalue weighted by Gasteiger charge is -2.11. The minimum Gasteiger partial charge on any atom is -0.482 e. The number of ether oxygens (including phenoxy) is 1. The molecular weight excluding hydrogens is 400 g/mol. The standard InChI is InChI=1S/C15H20Br2N2O2/c1-9(2)5-11(4)18-19-14(20)8-21-15-10(3)6-12(16)7-13(15)17/h6-7,9H,5,8H2,1-4H3,(H,19,20)/b18-11+. The molecule has 0 bridgehead atoms. The molecule has 0 spiro atoms. The summed E-state index contributed by atoms with van der Waals surface area (Å²) in [5, 5.41) is 4.05. The van der Waals surface area contributed by atoms with Crippen molar-refractivity contribution in [3.05, 3.63) is 26.6 Å². The van der Waals surface area contributed by atoms with Crippen molar-refractivity contribution in [2.45, 2.75) is 34.1 Å². The van der Waals surface area contributed by atoms with E-state index in [-0.39, 0.29) is 12.5 Å². The van der Waals surface area contributed by atoms with E-state index in [9.17, 15) is 4.79 Å². The summed E-state index contributed by atoms with van der Waals surface area (Å²) >= 11 is 6.83. The predicted octanol–water partition coefficient (Wildman–Crippen LogP) is 4.44. The Labute approximate surface area is 142 Å². The number of rotatable bonds is 6. The highest BCUT2D eigenvalue weighted by Gasteiger charge is 2.09. The minimum atomic E-state index is -0.271. The quantitative estimate of drug-likeness (QED) is 0.547. The van der Waals surface area contributed by atoms with Crippen molar-refractivity contribution in [3.63, 3.8) is 0 Å². The summed E-state index contributed by atoms with van der Waals surface area (Å²) in [4.78, 5) is 11.7. The van der Waals surface area contributed by atoms with Crippen molar-refractivity contribution in [2.75, 3.05) is 6.61 Å². The Hall–Kier alpha value is -0.880. The second-order valence-corrected chi connectivity index (χ2v) is 7.07. The van der Waals surface area contributed by atoms with Gasteiger partial charge in [0, 0.05) is 10.2 Å². The van der Waals surface area contributed by atoms with Crippen molar-refractivity contribution in [1.82, 2.24) is 5.43 Å². The number of hydrogen-bond donors (Lipinski definition) is 1. The third kappa shape index (κ3) is 6.61. The van der Waals surface area contributed by atoms with E-state index in [0.717, 1.165) is 26.6 Å². The zero-order chi connectivity index (χ0) is 16.0. The molecule has 0 aliphatic heterocycles. The maximum atomic E-state index is 11.7. The van der Waals surface area contributed by atoms with E-state index in [1.165, 1.54) is 0 Å². The Morgan fingerprint density at radius 3 is 2.62 bits per heavy atom. The van der Waals surface area contributed by atoms with Gasteiger partial charge in [-0.1, -0.05) is 29.8 Å². The number of benzene rings is 1. The van der Waals surface area contributed by atoms with Gasteiger partial charge in [0.2, 0.25) is 0 Å². The zero-order valence-electron chi connectivity index (χ0n) is 12.7. The van der Waals surface area contributed by atoms with Crippen molar-refractivity contribution in [1.29, 1.82) is 0 Å². The van der Waals surface area contributed by atoms with Crippen LogP contribution >= 0.6 is 31.9 Å². The molecule has 6 heteroatoms. The summed E-state index contributed by atoms with van der Waals surface area (Å²) < 4.78 is 7.31.